The molecule has 0 aliphatic carbocycles. The van der Waals surface area contributed by atoms with Crippen LogP contribution in [0.3, 0.4) is 0 Å². The Bertz CT molecular complexity index is 4900. The Morgan fingerprint density at radius 1 is 0.296 bits per heavy atom. The molecule has 0 atom stereocenters. The molecule has 0 fully saturated rings. The summed E-state index contributed by atoms with van der Waals surface area (Å²) >= 11 is 0. The van der Waals surface area contributed by atoms with Crippen LogP contribution in [0.5, 0.6) is 0 Å². The lowest BCUT2D eigenvalue weighted by molar-refractivity contribution is 0.666. The minimum Gasteiger partial charge on any atom is -0.454 e. The summed E-state index contributed by atoms with van der Waals surface area (Å²) in [6, 6.07) is 86.1. The van der Waals surface area contributed by atoms with Gasteiger partial charge >= 0.3 is 0 Å². The van der Waals surface area contributed by atoms with E-state index in [2.05, 4.69) is 246 Å². The Morgan fingerprint density at radius 3 is 1.48 bits per heavy atom. The van der Waals surface area contributed by atoms with Crippen molar-refractivity contribution in [2.24, 2.45) is 0 Å². The summed E-state index contributed by atoms with van der Waals surface area (Å²) in [5.41, 5.74) is 13.8. The summed E-state index contributed by atoms with van der Waals surface area (Å²) in [6.07, 6.45) is 0. The maximum absolute atomic E-state index is 7.02. The minimum absolute atomic E-state index is 0.857. The average molecular weight is 902 g/mol. The molecule has 0 saturated carbocycles. The molecule has 0 saturated heterocycles. The van der Waals surface area contributed by atoms with E-state index in [-0.39, 0.29) is 0 Å². The number of pyridine rings is 1. The highest BCUT2D eigenvalue weighted by molar-refractivity contribution is 6.30. The van der Waals surface area contributed by atoms with Gasteiger partial charge in [-0.15, -0.1) is 0 Å². The predicted molar refractivity (Wildman–Crippen MR) is 299 cm³/mol. The number of hydrogen-bond donors (Lipinski definition) is 0. The smallest absolute Gasteiger partial charge is 0.160 e. The fourth-order valence-corrected chi connectivity index (χ4v) is 12.2. The van der Waals surface area contributed by atoms with Crippen molar-refractivity contribution in [3.63, 3.8) is 0 Å². The van der Waals surface area contributed by atoms with E-state index in [0.29, 0.717) is 0 Å². The van der Waals surface area contributed by atoms with Crippen LogP contribution < -0.4 is 0 Å². The molecular weight excluding hydrogens is 863 g/mol. The SMILES string of the molecule is c1ccc(-c2nc3ccccc3c3c2cc(-n2c4ccccc4c4cc(-c5ccc6c(c5)c5ccccc5n6-c5ccc6c7ccccc7c7ccccc7c6c5)ccc42)c2oc4ccccc4c23)cc1. The number of rotatable bonds is 4. The Hall–Kier alpha value is -9.51. The van der Waals surface area contributed by atoms with Crippen molar-refractivity contribution >= 4 is 120 Å². The highest BCUT2D eigenvalue weighted by atomic mass is 16.3. The van der Waals surface area contributed by atoms with Gasteiger partial charge in [0, 0.05) is 59.7 Å². The maximum Gasteiger partial charge on any atom is 0.160 e. The van der Waals surface area contributed by atoms with E-state index in [4.69, 9.17) is 9.40 Å². The van der Waals surface area contributed by atoms with E-state index in [0.717, 1.165) is 82.8 Å². The number of hydrogen-bond acceptors (Lipinski definition) is 2. The molecule has 0 radical (unpaired) electrons. The van der Waals surface area contributed by atoms with Crippen LogP contribution in [0.1, 0.15) is 0 Å². The van der Waals surface area contributed by atoms with Gasteiger partial charge in [-0.2, -0.15) is 0 Å². The number of aromatic nitrogens is 3. The quantitative estimate of drug-likeness (QED) is 0.165. The molecule has 0 amide bonds. The van der Waals surface area contributed by atoms with Crippen molar-refractivity contribution in [2.45, 2.75) is 0 Å². The average Bonchev–Trinajstić information content (AvgIpc) is 4.10. The van der Waals surface area contributed by atoms with Crippen molar-refractivity contribution < 1.29 is 4.42 Å². The predicted octanol–water partition coefficient (Wildman–Crippen LogP) is 18.3. The topological polar surface area (TPSA) is 35.9 Å². The van der Waals surface area contributed by atoms with Crippen LogP contribution in [0.15, 0.2) is 241 Å². The van der Waals surface area contributed by atoms with Crippen molar-refractivity contribution in [1.82, 2.24) is 14.1 Å². The molecule has 4 nitrogen and oxygen atoms in total. The summed E-state index contributed by atoms with van der Waals surface area (Å²) in [5, 5.41) is 18.0. The fourth-order valence-electron chi connectivity index (χ4n) is 12.2. The summed E-state index contributed by atoms with van der Waals surface area (Å²) < 4.78 is 11.9. The molecular formula is C67H39N3O. The highest BCUT2D eigenvalue weighted by Gasteiger charge is 2.24. The third-order valence-electron chi connectivity index (χ3n) is 15.2. The van der Waals surface area contributed by atoms with Gasteiger partial charge in [-0.1, -0.05) is 170 Å². The molecule has 328 valence electrons. The van der Waals surface area contributed by atoms with Crippen LogP contribution in [0, 0.1) is 0 Å². The first kappa shape index (κ1) is 38.5. The largest absolute Gasteiger partial charge is 0.454 e. The second-order valence-electron chi connectivity index (χ2n) is 19.0. The van der Waals surface area contributed by atoms with Gasteiger partial charge in [0.15, 0.2) is 5.58 Å². The second-order valence-corrected chi connectivity index (χ2v) is 19.0. The molecule has 0 spiro atoms. The molecule has 0 aliphatic heterocycles. The number of para-hydroxylation sites is 4. The third kappa shape index (κ3) is 5.41. The van der Waals surface area contributed by atoms with Crippen molar-refractivity contribution in [3.05, 3.63) is 237 Å². The van der Waals surface area contributed by atoms with E-state index in [1.165, 1.54) is 70.5 Å². The molecule has 16 rings (SSSR count). The van der Waals surface area contributed by atoms with Crippen LogP contribution in [-0.4, -0.2) is 14.1 Å². The second kappa shape index (κ2) is 14.5. The molecule has 12 aromatic carbocycles. The highest BCUT2D eigenvalue weighted by Crippen LogP contribution is 2.47. The van der Waals surface area contributed by atoms with Crippen LogP contribution in [0.4, 0.5) is 0 Å². The zero-order valence-electron chi connectivity index (χ0n) is 38.3. The molecule has 4 heterocycles. The van der Waals surface area contributed by atoms with E-state index in [1.54, 1.807) is 0 Å². The normalized spacial score (nSPS) is 12.2. The molecule has 16 aromatic rings. The van der Waals surface area contributed by atoms with Gasteiger partial charge in [0.2, 0.25) is 0 Å². The molecule has 71 heavy (non-hydrogen) atoms. The first-order valence-corrected chi connectivity index (χ1v) is 24.4. The van der Waals surface area contributed by atoms with Gasteiger partial charge in [0.1, 0.15) is 5.58 Å². The lowest BCUT2D eigenvalue weighted by Gasteiger charge is -2.15. The number of benzene rings is 12. The minimum atomic E-state index is 0.857. The van der Waals surface area contributed by atoms with Gasteiger partial charge in [-0.3, -0.25) is 0 Å². The Morgan fingerprint density at radius 2 is 0.803 bits per heavy atom. The van der Waals surface area contributed by atoms with Crippen LogP contribution in [-0.2, 0) is 0 Å². The third-order valence-corrected chi connectivity index (χ3v) is 15.2. The van der Waals surface area contributed by atoms with E-state index in [1.807, 2.05) is 0 Å². The van der Waals surface area contributed by atoms with Crippen molar-refractivity contribution in [3.8, 4) is 33.8 Å². The summed E-state index contributed by atoms with van der Waals surface area (Å²) in [7, 11) is 0. The molecule has 0 unspecified atom stereocenters. The van der Waals surface area contributed by atoms with Gasteiger partial charge in [-0.25, -0.2) is 4.98 Å². The summed E-state index contributed by atoms with van der Waals surface area (Å²) in [5.74, 6) is 0. The van der Waals surface area contributed by atoms with Gasteiger partial charge in [0.25, 0.3) is 0 Å². The van der Waals surface area contributed by atoms with Crippen LogP contribution in [0.25, 0.3) is 153 Å². The lowest BCUT2D eigenvalue weighted by Crippen LogP contribution is -1.97. The zero-order valence-corrected chi connectivity index (χ0v) is 38.3. The molecule has 4 aromatic heterocycles. The molecule has 0 N–H and O–H groups in total. The van der Waals surface area contributed by atoms with E-state index < -0.39 is 0 Å². The van der Waals surface area contributed by atoms with E-state index >= 15 is 0 Å². The number of furan rings is 1. The van der Waals surface area contributed by atoms with E-state index in [9.17, 15) is 0 Å². The van der Waals surface area contributed by atoms with Gasteiger partial charge in [-0.05, 0) is 110 Å². The first-order valence-electron chi connectivity index (χ1n) is 24.4. The van der Waals surface area contributed by atoms with Crippen molar-refractivity contribution in [2.75, 3.05) is 0 Å². The lowest BCUT2D eigenvalue weighted by atomic mass is 9.94. The van der Waals surface area contributed by atoms with Gasteiger partial charge < -0.3 is 13.6 Å². The number of fused-ring (bicyclic) bond motifs is 19. The fraction of sp³-hybridized carbons (Fsp3) is 0. The van der Waals surface area contributed by atoms with Crippen LogP contribution in [0.2, 0.25) is 0 Å². The molecule has 4 heteroatoms. The standard InChI is InChI=1S/C67H39N3O/c1-2-16-40(17-3-1)66-56-39-62(67-65(52-25-11-15-29-63(52)71-67)64(56)51-24-8-12-26-57(51)68-66)70-59-28-14-10-23-50(59)55-37-42(31-35-61(55)70)41-30-34-60-54(36-41)49-22-9-13-27-58(49)69(60)43-32-33-48-46-20-5-4-18-44(46)45-19-6-7-21-47(45)53(48)38-43/h1-39H. The summed E-state index contributed by atoms with van der Waals surface area (Å²) in [6.45, 7) is 0. The molecule has 0 aliphatic rings. The zero-order chi connectivity index (χ0) is 46.3. The summed E-state index contributed by atoms with van der Waals surface area (Å²) in [4.78, 5) is 5.39. The molecule has 0 bridgehead atoms. The van der Waals surface area contributed by atoms with Gasteiger partial charge in [0.05, 0.1) is 39.0 Å². The van der Waals surface area contributed by atoms with Crippen molar-refractivity contribution in [1.29, 1.82) is 0 Å². The van der Waals surface area contributed by atoms with Crippen LogP contribution >= 0.6 is 0 Å². The maximum atomic E-state index is 7.02. The Balaban J connectivity index is 0.912. The number of nitrogens with zero attached hydrogens (tertiary/aromatic N) is 3. The first-order chi connectivity index (χ1) is 35.2. The monoisotopic (exact) mass is 901 g/mol. The Kier molecular flexibility index (Phi) is 7.86. The Labute approximate surface area is 406 Å².